The molecule has 1 aromatic rings. The van der Waals surface area contributed by atoms with Gasteiger partial charge < -0.3 is 14.8 Å². The molecule has 0 aromatic heterocycles. The molecule has 0 bridgehead atoms. The first-order chi connectivity index (χ1) is 9.89. The lowest BCUT2D eigenvalue weighted by Crippen LogP contribution is -3.12. The van der Waals surface area contributed by atoms with Gasteiger partial charge in [0.25, 0.3) is 0 Å². The predicted octanol–water partition coefficient (Wildman–Crippen LogP) is -2.11. The molecule has 1 aliphatic rings. The van der Waals surface area contributed by atoms with Crippen molar-refractivity contribution in [3.05, 3.63) is 29.8 Å². The largest absolute Gasteiger partial charge is 0.550 e. The minimum Gasteiger partial charge on any atom is -0.550 e. The molecule has 1 aliphatic heterocycles. The van der Waals surface area contributed by atoms with Gasteiger partial charge in [-0.05, 0) is 30.5 Å². The summed E-state index contributed by atoms with van der Waals surface area (Å²) in [5.74, 6) is -1.10. The molecule has 0 unspecified atom stereocenters. The molecule has 1 fully saturated rings. The number of carbonyl (C=O) groups excluding carboxylic acids is 1. The number of quaternary nitrogens is 1. The van der Waals surface area contributed by atoms with E-state index in [1.54, 1.807) is 24.3 Å². The van der Waals surface area contributed by atoms with Crippen LogP contribution in [0.2, 0.25) is 0 Å². The van der Waals surface area contributed by atoms with Crippen molar-refractivity contribution in [1.29, 1.82) is 0 Å². The van der Waals surface area contributed by atoms with Crippen LogP contribution in [0.15, 0.2) is 29.2 Å². The molecule has 116 valence electrons. The molecule has 0 aliphatic carbocycles. The number of hydrogen-bond donors (Lipinski definition) is 1. The number of nitrogens with zero attached hydrogens (tertiary/aromatic N) is 1. The van der Waals surface area contributed by atoms with E-state index in [-0.39, 0.29) is 11.3 Å². The van der Waals surface area contributed by atoms with E-state index in [9.17, 15) is 18.3 Å². The summed E-state index contributed by atoms with van der Waals surface area (Å²) < 4.78 is 26.5. The quantitative estimate of drug-likeness (QED) is 0.674. The van der Waals surface area contributed by atoms with Gasteiger partial charge in [-0.1, -0.05) is 12.1 Å². The summed E-state index contributed by atoms with van der Waals surface area (Å²) in [6.45, 7) is 2.67. The van der Waals surface area contributed by atoms with E-state index < -0.39 is 16.0 Å². The van der Waals surface area contributed by atoms with Gasteiger partial charge in [0.05, 0.1) is 38.1 Å². The van der Waals surface area contributed by atoms with Crippen LogP contribution in [0, 0.1) is 0 Å². The highest BCUT2D eigenvalue weighted by molar-refractivity contribution is 7.89. The van der Waals surface area contributed by atoms with Crippen LogP contribution in [0.5, 0.6) is 0 Å². The second kappa shape index (κ2) is 6.55. The van der Waals surface area contributed by atoms with Crippen LogP contribution < -0.4 is 10.0 Å². The molecule has 1 aromatic carbocycles. The summed E-state index contributed by atoms with van der Waals surface area (Å²) in [5.41, 5.74) is 0.793. The Hall–Kier alpha value is -1.44. The number of likely N-dealkylation sites (N-methyl/N-ethyl adjacent to an activating group) is 1. The zero-order valence-electron chi connectivity index (χ0n) is 12.0. The number of hydrogen-bond acceptors (Lipinski definition) is 4. The molecule has 2 rings (SSSR count). The monoisotopic (exact) mass is 312 g/mol. The van der Waals surface area contributed by atoms with Crippen molar-refractivity contribution in [3.8, 4) is 0 Å². The Morgan fingerprint density at radius 1 is 1.24 bits per heavy atom. The van der Waals surface area contributed by atoms with Gasteiger partial charge >= 0.3 is 0 Å². The molecule has 1 heterocycles. The Morgan fingerprint density at radius 2 is 1.81 bits per heavy atom. The van der Waals surface area contributed by atoms with Crippen molar-refractivity contribution in [2.75, 3.05) is 33.2 Å². The molecule has 6 nitrogen and oxygen atoms in total. The number of aliphatic carboxylic acids is 1. The van der Waals surface area contributed by atoms with Crippen LogP contribution in [0.1, 0.15) is 12.0 Å². The van der Waals surface area contributed by atoms with Crippen molar-refractivity contribution in [2.45, 2.75) is 17.7 Å². The molecule has 0 radical (unpaired) electrons. The van der Waals surface area contributed by atoms with Crippen molar-refractivity contribution in [1.82, 2.24) is 4.31 Å². The summed E-state index contributed by atoms with van der Waals surface area (Å²) in [5, 5.41) is 10.4. The predicted molar refractivity (Wildman–Crippen MR) is 75.1 cm³/mol. The summed E-state index contributed by atoms with van der Waals surface area (Å²) in [6, 6.07) is 6.42. The summed E-state index contributed by atoms with van der Waals surface area (Å²) >= 11 is 0. The number of carboxylic acid groups (broad SMARTS) is 1. The SMILES string of the molecule is C[NH+]1CCN(S(=O)(=O)c2ccc(CCC(=O)[O-])cc2)CC1. The minimum atomic E-state index is -3.44. The fraction of sp³-hybridized carbons (Fsp3) is 0.500. The van der Waals surface area contributed by atoms with Crippen LogP contribution in [0.3, 0.4) is 0 Å². The molecule has 0 atom stereocenters. The van der Waals surface area contributed by atoms with Crippen LogP contribution in [0.4, 0.5) is 0 Å². The van der Waals surface area contributed by atoms with Crippen molar-refractivity contribution < 1.29 is 23.2 Å². The van der Waals surface area contributed by atoms with Crippen molar-refractivity contribution >= 4 is 16.0 Å². The maximum absolute atomic E-state index is 12.5. The molecule has 0 amide bonds. The average Bonchev–Trinajstić information content (AvgIpc) is 2.46. The molecule has 21 heavy (non-hydrogen) atoms. The van der Waals surface area contributed by atoms with Gasteiger partial charge in [0.2, 0.25) is 10.0 Å². The number of nitrogens with one attached hydrogen (secondary N) is 1. The average molecular weight is 312 g/mol. The fourth-order valence-corrected chi connectivity index (χ4v) is 3.77. The third-order valence-corrected chi connectivity index (χ3v) is 5.67. The zero-order valence-corrected chi connectivity index (χ0v) is 12.9. The highest BCUT2D eigenvalue weighted by atomic mass is 32.2. The molecular weight excluding hydrogens is 292 g/mol. The molecule has 1 N–H and O–H groups in total. The Bertz CT molecular complexity index is 590. The van der Waals surface area contributed by atoms with Crippen LogP contribution in [-0.2, 0) is 21.2 Å². The van der Waals surface area contributed by atoms with Gasteiger partial charge in [0.1, 0.15) is 0 Å². The van der Waals surface area contributed by atoms with Crippen molar-refractivity contribution in [3.63, 3.8) is 0 Å². The molecular formula is C14H20N2O4S. The first-order valence-electron chi connectivity index (χ1n) is 7.00. The van der Waals surface area contributed by atoms with E-state index in [1.165, 1.54) is 9.21 Å². The lowest BCUT2D eigenvalue weighted by Gasteiger charge is -2.29. The fourth-order valence-electron chi connectivity index (χ4n) is 2.33. The second-order valence-corrected chi connectivity index (χ2v) is 7.32. The lowest BCUT2D eigenvalue weighted by atomic mass is 10.1. The summed E-state index contributed by atoms with van der Waals surface area (Å²) in [4.78, 5) is 12.0. The second-order valence-electron chi connectivity index (χ2n) is 5.38. The Labute approximate surface area is 125 Å². The number of carbonyl (C=O) groups is 1. The van der Waals surface area contributed by atoms with Gasteiger partial charge in [-0.2, -0.15) is 4.31 Å². The molecule has 7 heteroatoms. The third kappa shape index (κ3) is 4.03. The maximum Gasteiger partial charge on any atom is 0.243 e. The number of aryl methyl sites for hydroxylation is 1. The van der Waals surface area contributed by atoms with Crippen LogP contribution >= 0.6 is 0 Å². The van der Waals surface area contributed by atoms with E-state index in [2.05, 4.69) is 7.05 Å². The molecule has 0 saturated carbocycles. The van der Waals surface area contributed by atoms with Crippen molar-refractivity contribution in [2.24, 2.45) is 0 Å². The first kappa shape index (κ1) is 15.9. The van der Waals surface area contributed by atoms with Gasteiger partial charge in [-0.3, -0.25) is 0 Å². The molecule has 1 saturated heterocycles. The highest BCUT2D eigenvalue weighted by Crippen LogP contribution is 2.17. The van der Waals surface area contributed by atoms with Gasteiger partial charge in [-0.15, -0.1) is 0 Å². The van der Waals surface area contributed by atoms with E-state index in [0.29, 0.717) is 19.5 Å². The Kier molecular flexibility index (Phi) is 4.97. The molecule has 0 spiro atoms. The standard InChI is InChI=1S/C14H20N2O4S/c1-15-8-10-16(11-9-15)21(19,20)13-5-2-12(3-6-13)4-7-14(17)18/h2-3,5-6H,4,7-11H2,1H3,(H,17,18). The highest BCUT2D eigenvalue weighted by Gasteiger charge is 2.28. The lowest BCUT2D eigenvalue weighted by molar-refractivity contribution is -0.883. The summed E-state index contributed by atoms with van der Waals surface area (Å²) in [7, 11) is -1.39. The van der Waals surface area contributed by atoms with E-state index in [1.807, 2.05) is 0 Å². The Balaban J connectivity index is 2.08. The van der Waals surface area contributed by atoms with Crippen LogP contribution in [-0.4, -0.2) is 51.9 Å². The Morgan fingerprint density at radius 3 is 2.33 bits per heavy atom. The van der Waals surface area contributed by atoms with E-state index in [0.717, 1.165) is 18.7 Å². The van der Waals surface area contributed by atoms with Crippen LogP contribution in [0.25, 0.3) is 0 Å². The smallest absolute Gasteiger partial charge is 0.243 e. The normalized spacial score (nSPS) is 17.8. The van der Waals surface area contributed by atoms with Gasteiger partial charge in [-0.25, -0.2) is 8.42 Å². The summed E-state index contributed by atoms with van der Waals surface area (Å²) in [6.07, 6.45) is 0.286. The number of benzene rings is 1. The number of carboxylic acids is 1. The minimum absolute atomic E-state index is 0.0622. The van der Waals surface area contributed by atoms with E-state index in [4.69, 9.17) is 0 Å². The topological polar surface area (TPSA) is 82.0 Å². The maximum atomic E-state index is 12.5. The zero-order chi connectivity index (χ0) is 15.5. The third-order valence-electron chi connectivity index (χ3n) is 3.75. The van der Waals surface area contributed by atoms with Gasteiger partial charge in [0.15, 0.2) is 0 Å². The van der Waals surface area contributed by atoms with E-state index >= 15 is 0 Å². The van der Waals surface area contributed by atoms with Gasteiger partial charge in [0, 0.05) is 5.97 Å². The number of sulfonamides is 1. The number of rotatable bonds is 5. The number of piperazine rings is 1. The first-order valence-corrected chi connectivity index (χ1v) is 8.44.